The maximum absolute atomic E-state index is 12.8. The molecule has 0 bridgehead atoms. The van der Waals surface area contributed by atoms with Crippen LogP contribution in [-0.4, -0.2) is 28.0 Å². The molecule has 1 heterocycles. The van der Waals surface area contributed by atoms with Crippen LogP contribution in [0.4, 0.5) is 0 Å². The third kappa shape index (κ3) is 4.63. The van der Waals surface area contributed by atoms with Crippen LogP contribution >= 0.6 is 11.6 Å². The Bertz CT molecular complexity index is 948. The van der Waals surface area contributed by atoms with Crippen molar-refractivity contribution in [3.63, 3.8) is 0 Å². The van der Waals surface area contributed by atoms with Crippen molar-refractivity contribution in [2.45, 2.75) is 19.9 Å². The zero-order valence-corrected chi connectivity index (χ0v) is 15.7. The molecule has 1 amide bonds. The zero-order valence-electron chi connectivity index (χ0n) is 15.0. The van der Waals surface area contributed by atoms with Gasteiger partial charge in [0.1, 0.15) is 0 Å². The molecule has 5 nitrogen and oxygen atoms in total. The van der Waals surface area contributed by atoms with Crippen molar-refractivity contribution in [2.75, 3.05) is 6.54 Å². The number of aromatic nitrogens is 2. The standard InChI is InChI=1S/C21H20ClN3O2/c1-15-11-13-24-25(15)14-4-12-23-21(27)19-6-3-2-5-18(19)20(26)16-7-9-17(22)10-8-16/h2-3,5-11,13H,4,12,14H2,1H3,(H,23,27). The second-order valence-electron chi connectivity index (χ2n) is 6.19. The number of aryl methyl sites for hydroxylation is 2. The van der Waals surface area contributed by atoms with Crippen LogP contribution < -0.4 is 5.32 Å². The number of amides is 1. The lowest BCUT2D eigenvalue weighted by atomic mass is 9.98. The molecule has 3 rings (SSSR count). The summed E-state index contributed by atoms with van der Waals surface area (Å²) in [4.78, 5) is 25.3. The molecule has 0 saturated heterocycles. The fourth-order valence-electron chi connectivity index (χ4n) is 2.79. The first-order valence-electron chi connectivity index (χ1n) is 8.72. The zero-order chi connectivity index (χ0) is 19.2. The lowest BCUT2D eigenvalue weighted by Gasteiger charge is -2.10. The molecule has 3 aromatic rings. The highest BCUT2D eigenvalue weighted by atomic mass is 35.5. The van der Waals surface area contributed by atoms with Crippen LogP contribution in [0.3, 0.4) is 0 Å². The molecule has 0 aliphatic heterocycles. The minimum Gasteiger partial charge on any atom is -0.352 e. The van der Waals surface area contributed by atoms with Crippen molar-refractivity contribution >= 4 is 23.3 Å². The molecular weight excluding hydrogens is 362 g/mol. The van der Waals surface area contributed by atoms with Gasteiger partial charge in [0.25, 0.3) is 5.91 Å². The van der Waals surface area contributed by atoms with Gasteiger partial charge in [-0.1, -0.05) is 29.8 Å². The van der Waals surface area contributed by atoms with E-state index in [0.717, 1.165) is 18.7 Å². The molecule has 6 heteroatoms. The summed E-state index contributed by atoms with van der Waals surface area (Å²) in [5, 5.41) is 7.66. The normalized spacial score (nSPS) is 10.6. The molecule has 0 saturated carbocycles. The van der Waals surface area contributed by atoms with E-state index in [1.165, 1.54) is 0 Å². The number of benzene rings is 2. The third-order valence-corrected chi connectivity index (χ3v) is 4.54. The van der Waals surface area contributed by atoms with Gasteiger partial charge in [0, 0.05) is 41.1 Å². The van der Waals surface area contributed by atoms with Crippen LogP contribution in [0.1, 0.15) is 38.4 Å². The maximum Gasteiger partial charge on any atom is 0.252 e. The fraction of sp³-hybridized carbons (Fsp3) is 0.190. The Hall–Kier alpha value is -2.92. The molecule has 27 heavy (non-hydrogen) atoms. The highest BCUT2D eigenvalue weighted by molar-refractivity contribution is 6.30. The number of carbonyl (C=O) groups excluding carboxylic acids is 2. The first-order chi connectivity index (χ1) is 13.1. The Morgan fingerprint density at radius 2 is 1.74 bits per heavy atom. The van der Waals surface area contributed by atoms with Crippen LogP contribution in [-0.2, 0) is 6.54 Å². The average Bonchev–Trinajstić information content (AvgIpc) is 3.10. The van der Waals surface area contributed by atoms with Gasteiger partial charge in [-0.15, -0.1) is 0 Å². The molecule has 1 aromatic heterocycles. The second-order valence-corrected chi connectivity index (χ2v) is 6.62. The quantitative estimate of drug-likeness (QED) is 0.498. The van der Waals surface area contributed by atoms with Crippen LogP contribution in [0.2, 0.25) is 5.02 Å². The smallest absolute Gasteiger partial charge is 0.252 e. The van der Waals surface area contributed by atoms with Crippen molar-refractivity contribution in [2.24, 2.45) is 0 Å². The predicted octanol–water partition coefficient (Wildman–Crippen LogP) is 3.90. The summed E-state index contributed by atoms with van der Waals surface area (Å²) in [5.74, 6) is -0.463. The van der Waals surface area contributed by atoms with Crippen LogP contribution in [0.25, 0.3) is 0 Å². The van der Waals surface area contributed by atoms with Crippen molar-refractivity contribution in [1.29, 1.82) is 0 Å². The summed E-state index contributed by atoms with van der Waals surface area (Å²) in [5.41, 5.74) is 2.32. The summed E-state index contributed by atoms with van der Waals surface area (Å²) >= 11 is 5.88. The molecule has 0 radical (unpaired) electrons. The Morgan fingerprint density at radius 3 is 2.41 bits per heavy atom. The largest absolute Gasteiger partial charge is 0.352 e. The summed E-state index contributed by atoms with van der Waals surface area (Å²) in [6.07, 6.45) is 2.51. The Morgan fingerprint density at radius 1 is 1.04 bits per heavy atom. The molecule has 0 aliphatic rings. The van der Waals surface area contributed by atoms with Crippen molar-refractivity contribution in [3.05, 3.63) is 88.2 Å². The van der Waals surface area contributed by atoms with Crippen molar-refractivity contribution in [1.82, 2.24) is 15.1 Å². The van der Waals surface area contributed by atoms with Gasteiger partial charge in [0.15, 0.2) is 5.78 Å². The minimum absolute atomic E-state index is 0.204. The van der Waals surface area contributed by atoms with Crippen molar-refractivity contribution in [3.8, 4) is 0 Å². The van der Waals surface area contributed by atoms with Gasteiger partial charge in [0.05, 0.1) is 5.56 Å². The first-order valence-corrected chi connectivity index (χ1v) is 9.10. The second kappa shape index (κ2) is 8.64. The number of hydrogen-bond donors (Lipinski definition) is 1. The van der Waals surface area contributed by atoms with Crippen molar-refractivity contribution < 1.29 is 9.59 Å². The molecule has 0 spiro atoms. The monoisotopic (exact) mass is 381 g/mol. The summed E-state index contributed by atoms with van der Waals surface area (Å²) in [7, 11) is 0. The van der Waals surface area contributed by atoms with E-state index < -0.39 is 0 Å². The van der Waals surface area contributed by atoms with Gasteiger partial charge in [-0.3, -0.25) is 14.3 Å². The lowest BCUT2D eigenvalue weighted by molar-refractivity contribution is 0.0941. The fourth-order valence-corrected chi connectivity index (χ4v) is 2.92. The van der Waals surface area contributed by atoms with Crippen LogP contribution in [0, 0.1) is 6.92 Å². The number of carbonyl (C=O) groups is 2. The number of rotatable bonds is 7. The Labute approximate surface area is 163 Å². The van der Waals surface area contributed by atoms with Gasteiger partial charge in [-0.05, 0) is 49.7 Å². The SMILES string of the molecule is Cc1ccnn1CCCNC(=O)c1ccccc1C(=O)c1ccc(Cl)cc1. The summed E-state index contributed by atoms with van der Waals surface area (Å²) < 4.78 is 1.89. The first kappa shape index (κ1) is 18.9. The topological polar surface area (TPSA) is 64.0 Å². The molecule has 0 aliphatic carbocycles. The number of nitrogens with one attached hydrogen (secondary N) is 1. The third-order valence-electron chi connectivity index (χ3n) is 4.28. The van der Waals surface area contributed by atoms with Gasteiger partial charge >= 0.3 is 0 Å². The predicted molar refractivity (Wildman–Crippen MR) is 105 cm³/mol. The summed E-state index contributed by atoms with van der Waals surface area (Å²) in [6.45, 7) is 3.22. The number of ketones is 1. The number of halogens is 1. The van der Waals surface area contributed by atoms with Gasteiger partial charge in [-0.2, -0.15) is 5.10 Å². The van der Waals surface area contributed by atoms with Gasteiger partial charge in [-0.25, -0.2) is 0 Å². The summed E-state index contributed by atoms with van der Waals surface area (Å²) in [6, 6.07) is 15.4. The molecule has 0 atom stereocenters. The van der Waals surface area contributed by atoms with Gasteiger partial charge in [0.2, 0.25) is 0 Å². The van der Waals surface area contributed by atoms with Crippen LogP contribution in [0.5, 0.6) is 0 Å². The average molecular weight is 382 g/mol. The van der Waals surface area contributed by atoms with E-state index in [1.54, 1.807) is 54.7 Å². The van der Waals surface area contributed by atoms with E-state index >= 15 is 0 Å². The molecule has 0 unspecified atom stereocenters. The van der Waals surface area contributed by atoms with E-state index in [1.807, 2.05) is 17.7 Å². The number of nitrogens with zero attached hydrogens (tertiary/aromatic N) is 2. The van der Waals surface area contributed by atoms with E-state index in [0.29, 0.717) is 28.3 Å². The van der Waals surface area contributed by atoms with E-state index in [2.05, 4.69) is 10.4 Å². The Kier molecular flexibility index (Phi) is 6.04. The Balaban J connectivity index is 1.65. The minimum atomic E-state index is -0.259. The van der Waals surface area contributed by atoms with E-state index in [9.17, 15) is 9.59 Å². The molecular formula is C21H20ClN3O2. The number of hydrogen-bond acceptors (Lipinski definition) is 3. The lowest BCUT2D eigenvalue weighted by Crippen LogP contribution is -2.27. The van der Waals surface area contributed by atoms with Crippen LogP contribution in [0.15, 0.2) is 60.8 Å². The molecule has 0 fully saturated rings. The highest BCUT2D eigenvalue weighted by Crippen LogP contribution is 2.17. The molecule has 138 valence electrons. The molecule has 1 N–H and O–H groups in total. The highest BCUT2D eigenvalue weighted by Gasteiger charge is 2.17. The van der Waals surface area contributed by atoms with E-state index in [4.69, 9.17) is 11.6 Å². The van der Waals surface area contributed by atoms with E-state index in [-0.39, 0.29) is 11.7 Å². The van der Waals surface area contributed by atoms with Gasteiger partial charge < -0.3 is 5.32 Å². The maximum atomic E-state index is 12.8. The molecule has 2 aromatic carbocycles.